The van der Waals surface area contributed by atoms with Crippen molar-refractivity contribution in [1.82, 2.24) is 9.80 Å². The van der Waals surface area contributed by atoms with Gasteiger partial charge in [-0.15, -0.1) is 0 Å². The molecule has 1 atom stereocenters. The number of aliphatic hydroxyl groups is 1. The van der Waals surface area contributed by atoms with Crippen LogP contribution < -0.4 is 14.2 Å². The van der Waals surface area contributed by atoms with E-state index in [9.17, 15) is 14.7 Å². The third-order valence-electron chi connectivity index (χ3n) is 5.70. The number of amides is 1. The number of ketones is 1. The summed E-state index contributed by atoms with van der Waals surface area (Å²) in [5.41, 5.74) is 0.850. The summed E-state index contributed by atoms with van der Waals surface area (Å²) in [5.74, 6) is -0.612. The first-order valence-corrected chi connectivity index (χ1v) is 11.1. The number of likely N-dealkylation sites (tertiary alicyclic amines) is 1. The van der Waals surface area contributed by atoms with Gasteiger partial charge in [-0.2, -0.15) is 0 Å². The Morgan fingerprint density at radius 3 is 2.24 bits per heavy atom. The summed E-state index contributed by atoms with van der Waals surface area (Å²) in [7, 11) is 8.31. The van der Waals surface area contributed by atoms with Crippen LogP contribution in [0.4, 0.5) is 0 Å². The number of hydrogen-bond acceptors (Lipinski definition) is 7. The number of ether oxygens (including phenoxy) is 3. The van der Waals surface area contributed by atoms with Crippen molar-refractivity contribution in [3.63, 3.8) is 0 Å². The highest BCUT2D eigenvalue weighted by molar-refractivity contribution is 6.46. The monoisotopic (exact) mass is 488 g/mol. The maximum absolute atomic E-state index is 13.2. The summed E-state index contributed by atoms with van der Waals surface area (Å²) in [4.78, 5) is 29.8. The van der Waals surface area contributed by atoms with E-state index in [4.69, 9.17) is 25.8 Å². The van der Waals surface area contributed by atoms with Crippen molar-refractivity contribution < 1.29 is 28.9 Å². The van der Waals surface area contributed by atoms with Gasteiger partial charge in [0.25, 0.3) is 11.7 Å². The van der Waals surface area contributed by atoms with Crippen molar-refractivity contribution >= 4 is 29.1 Å². The highest BCUT2D eigenvalue weighted by atomic mass is 35.5. The summed E-state index contributed by atoms with van der Waals surface area (Å²) in [6.45, 7) is 1.08. The molecule has 1 fully saturated rings. The lowest BCUT2D eigenvalue weighted by Gasteiger charge is -2.26. The first-order valence-electron chi connectivity index (χ1n) is 10.7. The van der Waals surface area contributed by atoms with E-state index in [2.05, 4.69) is 0 Å². The summed E-state index contributed by atoms with van der Waals surface area (Å²) in [5, 5.41) is 11.6. The van der Waals surface area contributed by atoms with E-state index >= 15 is 0 Å². The van der Waals surface area contributed by atoms with Gasteiger partial charge in [0, 0.05) is 12.6 Å². The fraction of sp³-hybridized carbons (Fsp3) is 0.360. The maximum atomic E-state index is 13.2. The van der Waals surface area contributed by atoms with E-state index in [1.807, 2.05) is 19.0 Å². The van der Waals surface area contributed by atoms with Crippen LogP contribution in [0.25, 0.3) is 5.76 Å². The molecule has 1 saturated heterocycles. The Balaban J connectivity index is 2.18. The number of benzene rings is 2. The van der Waals surface area contributed by atoms with Crippen LogP contribution in [-0.4, -0.2) is 75.1 Å². The fourth-order valence-electron chi connectivity index (χ4n) is 3.99. The molecule has 0 radical (unpaired) electrons. The number of methoxy groups -OCH3 is 3. The molecule has 1 aliphatic rings. The van der Waals surface area contributed by atoms with Crippen LogP contribution in [0, 0.1) is 0 Å². The number of halogens is 1. The second-order valence-corrected chi connectivity index (χ2v) is 8.52. The van der Waals surface area contributed by atoms with Crippen LogP contribution in [0.5, 0.6) is 17.2 Å². The van der Waals surface area contributed by atoms with Crippen LogP contribution in [0.2, 0.25) is 5.02 Å². The minimum Gasteiger partial charge on any atom is -0.507 e. The Morgan fingerprint density at radius 1 is 1.03 bits per heavy atom. The molecule has 1 N–H and O–H groups in total. The molecule has 1 amide bonds. The van der Waals surface area contributed by atoms with E-state index in [0.29, 0.717) is 30.0 Å². The summed E-state index contributed by atoms with van der Waals surface area (Å²) in [6.07, 6.45) is 0.658. The smallest absolute Gasteiger partial charge is 0.295 e. The molecule has 34 heavy (non-hydrogen) atoms. The number of carbonyl (C=O) groups excluding carboxylic acids is 2. The molecule has 0 saturated carbocycles. The van der Waals surface area contributed by atoms with E-state index < -0.39 is 17.7 Å². The molecular formula is C25H29ClN2O6. The van der Waals surface area contributed by atoms with Gasteiger partial charge < -0.3 is 29.1 Å². The van der Waals surface area contributed by atoms with Crippen molar-refractivity contribution in [2.24, 2.45) is 0 Å². The zero-order chi connectivity index (χ0) is 25.0. The first-order chi connectivity index (χ1) is 16.2. The molecule has 1 unspecified atom stereocenters. The lowest BCUT2D eigenvalue weighted by molar-refractivity contribution is -0.139. The molecule has 0 aliphatic carbocycles. The zero-order valence-corrected chi connectivity index (χ0v) is 20.7. The van der Waals surface area contributed by atoms with Gasteiger partial charge in [-0.05, 0) is 50.8 Å². The molecule has 8 nitrogen and oxygen atoms in total. The minimum absolute atomic E-state index is 0.0253. The van der Waals surface area contributed by atoms with Crippen molar-refractivity contribution in [2.45, 2.75) is 12.5 Å². The SMILES string of the molecule is COc1ccc(C2/C(=C(\O)c3cc(OC)c(Cl)cc3OC)C(=O)C(=O)N2CCCN(C)C)cc1. The van der Waals surface area contributed by atoms with Crippen LogP contribution >= 0.6 is 11.6 Å². The van der Waals surface area contributed by atoms with Crippen molar-refractivity contribution in [3.05, 3.63) is 58.1 Å². The molecule has 0 bridgehead atoms. The molecule has 1 aliphatic heterocycles. The van der Waals surface area contributed by atoms with Crippen LogP contribution in [0.3, 0.4) is 0 Å². The maximum Gasteiger partial charge on any atom is 0.295 e. The number of aliphatic hydroxyl groups excluding tert-OH is 1. The lowest BCUT2D eigenvalue weighted by Crippen LogP contribution is -2.32. The number of hydrogen-bond donors (Lipinski definition) is 1. The van der Waals surface area contributed by atoms with Gasteiger partial charge in [-0.25, -0.2) is 0 Å². The Kier molecular flexibility index (Phi) is 8.06. The zero-order valence-electron chi connectivity index (χ0n) is 19.9. The molecule has 2 aromatic carbocycles. The first kappa shape index (κ1) is 25.4. The van der Waals surface area contributed by atoms with E-state index in [-0.39, 0.29) is 27.7 Å². The van der Waals surface area contributed by atoms with Gasteiger partial charge in [-0.3, -0.25) is 9.59 Å². The Hall–Kier alpha value is -3.23. The lowest BCUT2D eigenvalue weighted by atomic mass is 9.94. The topological polar surface area (TPSA) is 88.5 Å². The molecule has 9 heteroatoms. The van der Waals surface area contributed by atoms with Gasteiger partial charge in [0.05, 0.1) is 43.5 Å². The van der Waals surface area contributed by atoms with Crippen molar-refractivity contribution in [1.29, 1.82) is 0 Å². The van der Waals surface area contributed by atoms with Gasteiger partial charge in [0.2, 0.25) is 0 Å². The Labute approximate surface area is 204 Å². The van der Waals surface area contributed by atoms with E-state index in [0.717, 1.165) is 6.54 Å². The second-order valence-electron chi connectivity index (χ2n) is 8.11. The number of Topliss-reactive ketones (excluding diaryl/α,β-unsaturated/α-hetero) is 1. The van der Waals surface area contributed by atoms with Crippen LogP contribution in [0.1, 0.15) is 23.6 Å². The molecule has 0 spiro atoms. The second kappa shape index (κ2) is 10.8. The predicted molar refractivity (Wildman–Crippen MR) is 130 cm³/mol. The van der Waals surface area contributed by atoms with Gasteiger partial charge in [0.1, 0.15) is 23.0 Å². The number of rotatable bonds is 9. The molecule has 0 aromatic heterocycles. The quantitative estimate of drug-likeness (QED) is 0.327. The molecule has 1 heterocycles. The molecule has 3 rings (SSSR count). The van der Waals surface area contributed by atoms with Gasteiger partial charge >= 0.3 is 0 Å². The normalized spacial score (nSPS) is 17.4. The van der Waals surface area contributed by atoms with Gasteiger partial charge in [-0.1, -0.05) is 23.7 Å². The van der Waals surface area contributed by atoms with E-state index in [1.165, 1.54) is 31.3 Å². The van der Waals surface area contributed by atoms with Crippen LogP contribution in [0.15, 0.2) is 42.0 Å². The number of carbonyl (C=O) groups is 2. The summed E-state index contributed by atoms with van der Waals surface area (Å²) >= 11 is 6.21. The van der Waals surface area contributed by atoms with Crippen molar-refractivity contribution in [3.8, 4) is 17.2 Å². The Bertz CT molecular complexity index is 1100. The molecule has 182 valence electrons. The fourth-order valence-corrected chi connectivity index (χ4v) is 4.22. The highest BCUT2D eigenvalue weighted by Crippen LogP contribution is 2.43. The standard InChI is InChI=1S/C25H29ClN2O6/c1-27(2)11-6-12-28-22(15-7-9-16(32-3)10-8-15)21(24(30)25(28)31)23(29)17-13-20(34-5)18(26)14-19(17)33-4/h7-10,13-14,22,29H,6,11-12H2,1-5H3/b23-21+. The third-order valence-corrected chi connectivity index (χ3v) is 6.00. The van der Waals surface area contributed by atoms with E-state index in [1.54, 1.807) is 31.4 Å². The third kappa shape index (κ3) is 4.98. The average molecular weight is 489 g/mol. The minimum atomic E-state index is -0.778. The number of nitrogens with zero attached hydrogens (tertiary/aromatic N) is 2. The molecular weight excluding hydrogens is 460 g/mol. The average Bonchev–Trinajstić information content (AvgIpc) is 3.08. The Morgan fingerprint density at radius 2 is 1.68 bits per heavy atom. The summed E-state index contributed by atoms with van der Waals surface area (Å²) in [6, 6.07) is 9.26. The predicted octanol–water partition coefficient (Wildman–Crippen LogP) is 3.74. The highest BCUT2D eigenvalue weighted by Gasteiger charge is 2.46. The van der Waals surface area contributed by atoms with Crippen LogP contribution in [-0.2, 0) is 9.59 Å². The van der Waals surface area contributed by atoms with Gasteiger partial charge in [0.15, 0.2) is 0 Å². The summed E-state index contributed by atoms with van der Waals surface area (Å²) < 4.78 is 15.9. The van der Waals surface area contributed by atoms with Crippen molar-refractivity contribution in [2.75, 3.05) is 48.5 Å². The largest absolute Gasteiger partial charge is 0.507 e. The molecule has 2 aromatic rings.